The Morgan fingerprint density at radius 1 is 1.15 bits per heavy atom. The Balaban J connectivity index is 2.08. The Morgan fingerprint density at radius 2 is 1.89 bits per heavy atom. The van der Waals surface area contributed by atoms with Crippen molar-refractivity contribution in [3.63, 3.8) is 0 Å². The molecule has 0 N–H and O–H groups in total. The number of hydrogen-bond acceptors (Lipinski definition) is 7. The Labute approximate surface area is 162 Å². The fourth-order valence-electron chi connectivity index (χ4n) is 2.11. The molecule has 1 heterocycles. The quantitative estimate of drug-likeness (QED) is 0.620. The SMILES string of the molecule is COC(=O)c1ccc(COC(=O)c2cc(Cl)c(OCC(C)C)c(OC)c2)o1. The summed E-state index contributed by atoms with van der Waals surface area (Å²) in [6, 6.07) is 5.90. The van der Waals surface area contributed by atoms with Gasteiger partial charge in [-0.05, 0) is 30.2 Å². The first kappa shape index (κ1) is 20.6. The first-order valence-electron chi connectivity index (χ1n) is 8.20. The van der Waals surface area contributed by atoms with Gasteiger partial charge in [-0.1, -0.05) is 25.4 Å². The monoisotopic (exact) mass is 396 g/mol. The molecular formula is C19H21ClO7. The molecule has 2 aromatic rings. The normalized spacial score (nSPS) is 10.6. The summed E-state index contributed by atoms with van der Waals surface area (Å²) >= 11 is 6.23. The van der Waals surface area contributed by atoms with Crippen molar-refractivity contribution < 1.29 is 33.0 Å². The molecule has 27 heavy (non-hydrogen) atoms. The van der Waals surface area contributed by atoms with Gasteiger partial charge in [0, 0.05) is 0 Å². The van der Waals surface area contributed by atoms with E-state index in [9.17, 15) is 9.59 Å². The van der Waals surface area contributed by atoms with Crippen LogP contribution in [0.1, 0.15) is 40.5 Å². The number of ether oxygens (including phenoxy) is 4. The molecule has 2 rings (SSSR count). The molecule has 0 aliphatic heterocycles. The predicted octanol–water partition coefficient (Wildman–Crippen LogP) is 4.12. The highest BCUT2D eigenvalue weighted by Crippen LogP contribution is 2.37. The molecule has 0 atom stereocenters. The third-order valence-corrected chi connectivity index (χ3v) is 3.70. The molecule has 0 saturated heterocycles. The van der Waals surface area contributed by atoms with E-state index in [4.69, 9.17) is 30.2 Å². The standard InChI is InChI=1S/C19H21ClO7/c1-11(2)9-25-17-14(20)7-12(8-16(17)23-3)18(21)26-10-13-5-6-15(27-13)19(22)24-4/h5-8,11H,9-10H2,1-4H3. The fourth-order valence-corrected chi connectivity index (χ4v) is 2.38. The van der Waals surface area contributed by atoms with Gasteiger partial charge in [0.2, 0.25) is 5.76 Å². The van der Waals surface area contributed by atoms with Gasteiger partial charge in [-0.3, -0.25) is 0 Å². The molecular weight excluding hydrogens is 376 g/mol. The van der Waals surface area contributed by atoms with Gasteiger partial charge in [-0.25, -0.2) is 9.59 Å². The summed E-state index contributed by atoms with van der Waals surface area (Å²) in [4.78, 5) is 23.7. The van der Waals surface area contributed by atoms with Crippen molar-refractivity contribution in [2.24, 2.45) is 5.92 Å². The van der Waals surface area contributed by atoms with Crippen LogP contribution in [0.3, 0.4) is 0 Å². The second kappa shape index (κ2) is 9.32. The number of benzene rings is 1. The highest BCUT2D eigenvalue weighted by molar-refractivity contribution is 6.32. The van der Waals surface area contributed by atoms with E-state index in [1.807, 2.05) is 13.8 Å². The van der Waals surface area contributed by atoms with Crippen LogP contribution >= 0.6 is 11.6 Å². The van der Waals surface area contributed by atoms with Crippen LogP contribution in [-0.2, 0) is 16.1 Å². The van der Waals surface area contributed by atoms with E-state index in [0.717, 1.165) is 0 Å². The molecule has 1 aromatic carbocycles. The van der Waals surface area contributed by atoms with E-state index in [1.165, 1.54) is 38.5 Å². The van der Waals surface area contributed by atoms with Gasteiger partial charge in [0.1, 0.15) is 12.4 Å². The lowest BCUT2D eigenvalue weighted by molar-refractivity contribution is 0.0438. The first-order valence-corrected chi connectivity index (χ1v) is 8.58. The molecule has 0 aliphatic carbocycles. The molecule has 0 saturated carbocycles. The number of halogens is 1. The molecule has 146 valence electrons. The maximum Gasteiger partial charge on any atom is 0.373 e. The zero-order valence-corrected chi connectivity index (χ0v) is 16.3. The van der Waals surface area contributed by atoms with E-state index in [-0.39, 0.29) is 23.0 Å². The molecule has 7 nitrogen and oxygen atoms in total. The summed E-state index contributed by atoms with van der Waals surface area (Å²) in [5.41, 5.74) is 0.202. The minimum atomic E-state index is -0.623. The van der Waals surface area contributed by atoms with Gasteiger partial charge in [0.25, 0.3) is 0 Å². The zero-order chi connectivity index (χ0) is 20.0. The smallest absolute Gasteiger partial charge is 0.373 e. The lowest BCUT2D eigenvalue weighted by Gasteiger charge is -2.15. The van der Waals surface area contributed by atoms with Gasteiger partial charge in [0.15, 0.2) is 11.5 Å². The second-order valence-electron chi connectivity index (χ2n) is 6.03. The van der Waals surface area contributed by atoms with E-state index in [2.05, 4.69) is 4.74 Å². The van der Waals surface area contributed by atoms with Crippen molar-refractivity contribution >= 4 is 23.5 Å². The molecule has 0 bridgehead atoms. The van der Waals surface area contributed by atoms with Gasteiger partial charge >= 0.3 is 11.9 Å². The fraction of sp³-hybridized carbons (Fsp3) is 0.368. The Kier molecular flexibility index (Phi) is 7.12. The van der Waals surface area contributed by atoms with Crippen LogP contribution in [0.2, 0.25) is 5.02 Å². The molecule has 0 fully saturated rings. The molecule has 0 amide bonds. The summed E-state index contributed by atoms with van der Waals surface area (Å²) < 4.78 is 25.9. The van der Waals surface area contributed by atoms with Gasteiger partial charge in [-0.2, -0.15) is 0 Å². The maximum atomic E-state index is 12.3. The van der Waals surface area contributed by atoms with Gasteiger partial charge in [0.05, 0.1) is 31.4 Å². The van der Waals surface area contributed by atoms with E-state index < -0.39 is 11.9 Å². The summed E-state index contributed by atoms with van der Waals surface area (Å²) in [7, 11) is 2.70. The first-order chi connectivity index (χ1) is 12.8. The van der Waals surface area contributed by atoms with Gasteiger partial charge in [-0.15, -0.1) is 0 Å². The van der Waals surface area contributed by atoms with E-state index in [0.29, 0.717) is 29.8 Å². The minimum Gasteiger partial charge on any atom is -0.493 e. The number of rotatable bonds is 8. The zero-order valence-electron chi connectivity index (χ0n) is 15.5. The Bertz CT molecular complexity index is 810. The molecule has 0 unspecified atom stereocenters. The van der Waals surface area contributed by atoms with Crippen LogP contribution in [0.15, 0.2) is 28.7 Å². The maximum absolute atomic E-state index is 12.3. The van der Waals surface area contributed by atoms with E-state index >= 15 is 0 Å². The topological polar surface area (TPSA) is 84.2 Å². The largest absolute Gasteiger partial charge is 0.493 e. The van der Waals surface area contributed by atoms with Crippen LogP contribution in [0, 0.1) is 5.92 Å². The van der Waals surface area contributed by atoms with Crippen molar-refractivity contribution in [2.75, 3.05) is 20.8 Å². The van der Waals surface area contributed by atoms with Crippen molar-refractivity contribution in [3.8, 4) is 11.5 Å². The van der Waals surface area contributed by atoms with Crippen LogP contribution in [0.4, 0.5) is 0 Å². The van der Waals surface area contributed by atoms with Crippen LogP contribution < -0.4 is 9.47 Å². The third-order valence-electron chi connectivity index (χ3n) is 3.42. The number of methoxy groups -OCH3 is 2. The average molecular weight is 397 g/mol. The van der Waals surface area contributed by atoms with Crippen LogP contribution in [0.5, 0.6) is 11.5 Å². The summed E-state index contributed by atoms with van der Waals surface area (Å²) in [5, 5.41) is 0.243. The Morgan fingerprint density at radius 3 is 2.52 bits per heavy atom. The highest BCUT2D eigenvalue weighted by Gasteiger charge is 2.18. The molecule has 0 radical (unpaired) electrons. The molecule has 0 aliphatic rings. The number of furan rings is 1. The van der Waals surface area contributed by atoms with Crippen molar-refractivity contribution in [1.82, 2.24) is 0 Å². The molecule has 0 spiro atoms. The lowest BCUT2D eigenvalue weighted by Crippen LogP contribution is -2.08. The van der Waals surface area contributed by atoms with E-state index in [1.54, 1.807) is 0 Å². The number of carbonyl (C=O) groups excluding carboxylic acids is 2. The summed E-state index contributed by atoms with van der Waals surface area (Å²) in [6.07, 6.45) is 0. The van der Waals surface area contributed by atoms with Crippen LogP contribution in [-0.4, -0.2) is 32.8 Å². The predicted molar refractivity (Wildman–Crippen MR) is 97.5 cm³/mol. The lowest BCUT2D eigenvalue weighted by atomic mass is 10.2. The number of carbonyl (C=O) groups is 2. The number of hydrogen-bond donors (Lipinski definition) is 0. The second-order valence-corrected chi connectivity index (χ2v) is 6.44. The van der Waals surface area contributed by atoms with Crippen molar-refractivity contribution in [1.29, 1.82) is 0 Å². The third kappa shape index (κ3) is 5.40. The Hall–Kier alpha value is -2.67. The number of esters is 2. The summed E-state index contributed by atoms with van der Waals surface area (Å²) in [5.74, 6) is 0.110. The average Bonchev–Trinajstić information content (AvgIpc) is 3.12. The van der Waals surface area contributed by atoms with Crippen molar-refractivity contribution in [2.45, 2.75) is 20.5 Å². The van der Waals surface area contributed by atoms with Gasteiger partial charge < -0.3 is 23.4 Å². The minimum absolute atomic E-state index is 0.0277. The molecule has 1 aromatic heterocycles. The highest BCUT2D eigenvalue weighted by atomic mass is 35.5. The van der Waals surface area contributed by atoms with Crippen LogP contribution in [0.25, 0.3) is 0 Å². The van der Waals surface area contributed by atoms with Crippen molar-refractivity contribution in [3.05, 3.63) is 46.4 Å². The summed E-state index contributed by atoms with van der Waals surface area (Å²) in [6.45, 7) is 4.32. The molecule has 8 heteroatoms.